The number of piperazine rings is 1. The van der Waals surface area contributed by atoms with Crippen molar-refractivity contribution in [2.75, 3.05) is 56.6 Å². The van der Waals surface area contributed by atoms with Gasteiger partial charge in [0.2, 0.25) is 0 Å². The molecule has 1 aliphatic rings. The SMILES string of the molecule is COc1ccc2c(NCCCN3CCN(c4nccc5ccccc45)CC3)cc(=O)oc2c1.Cl. The number of methoxy groups -OCH3 is 1. The molecule has 0 amide bonds. The smallest absolute Gasteiger partial charge is 0.338 e. The van der Waals surface area contributed by atoms with Crippen LogP contribution in [-0.4, -0.2) is 56.3 Å². The molecule has 4 aromatic rings. The van der Waals surface area contributed by atoms with E-state index in [0.717, 1.165) is 62.6 Å². The molecule has 178 valence electrons. The van der Waals surface area contributed by atoms with E-state index in [1.165, 1.54) is 16.8 Å². The summed E-state index contributed by atoms with van der Waals surface area (Å²) in [5.41, 5.74) is 0.967. The predicted molar refractivity (Wildman–Crippen MR) is 140 cm³/mol. The molecule has 7 nitrogen and oxygen atoms in total. The van der Waals surface area contributed by atoms with Crippen molar-refractivity contribution in [2.45, 2.75) is 6.42 Å². The molecule has 5 rings (SSSR count). The van der Waals surface area contributed by atoms with Crippen LogP contribution in [0.1, 0.15) is 6.42 Å². The summed E-state index contributed by atoms with van der Waals surface area (Å²) in [7, 11) is 1.60. The predicted octanol–water partition coefficient (Wildman–Crippen LogP) is 4.40. The van der Waals surface area contributed by atoms with Gasteiger partial charge in [-0.05, 0) is 36.6 Å². The Morgan fingerprint density at radius 3 is 2.68 bits per heavy atom. The highest BCUT2D eigenvalue weighted by molar-refractivity contribution is 5.92. The molecule has 2 aromatic carbocycles. The molecule has 1 aliphatic heterocycles. The van der Waals surface area contributed by atoms with Crippen LogP contribution < -0.4 is 20.6 Å². The molecule has 1 fully saturated rings. The highest BCUT2D eigenvalue weighted by atomic mass is 35.5. The maximum absolute atomic E-state index is 11.9. The van der Waals surface area contributed by atoms with Crippen molar-refractivity contribution in [3.8, 4) is 5.75 Å². The van der Waals surface area contributed by atoms with Gasteiger partial charge in [0.15, 0.2) is 0 Å². The van der Waals surface area contributed by atoms with Crippen molar-refractivity contribution in [3.63, 3.8) is 0 Å². The molecular formula is C26H29ClN4O3. The number of hydrogen-bond acceptors (Lipinski definition) is 7. The van der Waals surface area contributed by atoms with Crippen molar-refractivity contribution in [1.82, 2.24) is 9.88 Å². The summed E-state index contributed by atoms with van der Waals surface area (Å²) in [6.45, 7) is 5.78. The third-order valence-electron chi connectivity index (χ3n) is 6.24. The van der Waals surface area contributed by atoms with E-state index in [2.05, 4.69) is 50.4 Å². The number of hydrogen-bond donors (Lipinski definition) is 1. The van der Waals surface area contributed by atoms with E-state index in [1.54, 1.807) is 13.2 Å². The zero-order chi connectivity index (χ0) is 22.6. The zero-order valence-electron chi connectivity index (χ0n) is 19.2. The van der Waals surface area contributed by atoms with E-state index < -0.39 is 0 Å². The van der Waals surface area contributed by atoms with E-state index >= 15 is 0 Å². The fourth-order valence-corrected chi connectivity index (χ4v) is 4.48. The first-order valence-electron chi connectivity index (χ1n) is 11.4. The van der Waals surface area contributed by atoms with Crippen LogP contribution in [0.3, 0.4) is 0 Å². The molecule has 1 N–H and O–H groups in total. The van der Waals surface area contributed by atoms with Crippen LogP contribution in [0.15, 0.2) is 70.0 Å². The Hall–Kier alpha value is -3.29. The Labute approximate surface area is 204 Å². The summed E-state index contributed by atoms with van der Waals surface area (Å²) < 4.78 is 10.6. The highest BCUT2D eigenvalue weighted by Gasteiger charge is 2.19. The molecule has 2 aromatic heterocycles. The quantitative estimate of drug-likeness (QED) is 0.310. The van der Waals surface area contributed by atoms with Gasteiger partial charge < -0.3 is 19.4 Å². The minimum Gasteiger partial charge on any atom is -0.497 e. The van der Waals surface area contributed by atoms with Gasteiger partial charge in [0, 0.05) is 61.8 Å². The van der Waals surface area contributed by atoms with E-state index in [4.69, 9.17) is 9.15 Å². The third kappa shape index (κ3) is 5.11. The monoisotopic (exact) mass is 480 g/mol. The van der Waals surface area contributed by atoms with Crippen LogP contribution in [0.25, 0.3) is 21.7 Å². The van der Waals surface area contributed by atoms with E-state index in [0.29, 0.717) is 11.3 Å². The fraction of sp³-hybridized carbons (Fsp3) is 0.308. The van der Waals surface area contributed by atoms with Crippen molar-refractivity contribution in [2.24, 2.45) is 0 Å². The van der Waals surface area contributed by atoms with Gasteiger partial charge in [-0.2, -0.15) is 0 Å². The molecule has 0 spiro atoms. The van der Waals surface area contributed by atoms with Crippen LogP contribution in [-0.2, 0) is 0 Å². The minimum atomic E-state index is -0.364. The molecule has 0 saturated carbocycles. The lowest BCUT2D eigenvalue weighted by molar-refractivity contribution is 0.257. The Kier molecular flexibility index (Phi) is 7.55. The standard InChI is InChI=1S/C26H28N4O3.ClH/c1-32-20-7-8-22-23(18-25(31)33-24(22)17-20)27-10-4-12-29-13-15-30(16-14-29)26-21-6-3-2-5-19(21)9-11-28-26;/h2-3,5-9,11,17-18,27H,4,10,12-16H2,1H3;1H. The van der Waals surface area contributed by atoms with Crippen LogP contribution in [0.2, 0.25) is 0 Å². The molecule has 0 unspecified atom stereocenters. The van der Waals surface area contributed by atoms with Gasteiger partial charge in [-0.15, -0.1) is 12.4 Å². The molecule has 0 bridgehead atoms. The van der Waals surface area contributed by atoms with Crippen molar-refractivity contribution in [3.05, 3.63) is 71.2 Å². The van der Waals surface area contributed by atoms with Gasteiger partial charge >= 0.3 is 5.63 Å². The largest absolute Gasteiger partial charge is 0.497 e. The van der Waals surface area contributed by atoms with Gasteiger partial charge in [-0.1, -0.05) is 24.3 Å². The molecule has 3 heterocycles. The maximum atomic E-state index is 11.9. The fourth-order valence-electron chi connectivity index (χ4n) is 4.48. The number of benzene rings is 2. The normalized spacial score (nSPS) is 14.2. The average Bonchev–Trinajstić information content (AvgIpc) is 2.86. The Morgan fingerprint density at radius 1 is 1.03 bits per heavy atom. The zero-order valence-corrected chi connectivity index (χ0v) is 20.0. The van der Waals surface area contributed by atoms with Gasteiger partial charge in [0.25, 0.3) is 0 Å². The van der Waals surface area contributed by atoms with Crippen molar-refractivity contribution in [1.29, 1.82) is 0 Å². The lowest BCUT2D eigenvalue weighted by Crippen LogP contribution is -2.47. The third-order valence-corrected chi connectivity index (χ3v) is 6.24. The van der Waals surface area contributed by atoms with E-state index in [-0.39, 0.29) is 18.0 Å². The molecule has 0 atom stereocenters. The summed E-state index contributed by atoms with van der Waals surface area (Å²) >= 11 is 0. The van der Waals surface area contributed by atoms with Crippen molar-refractivity contribution >= 4 is 45.7 Å². The molecule has 8 heteroatoms. The lowest BCUT2D eigenvalue weighted by atomic mass is 10.1. The van der Waals surface area contributed by atoms with Crippen LogP contribution in [0.4, 0.5) is 11.5 Å². The summed E-state index contributed by atoms with van der Waals surface area (Å²) in [5.74, 6) is 1.75. The number of rotatable bonds is 7. The first-order chi connectivity index (χ1) is 16.2. The Bertz CT molecular complexity index is 1310. The molecule has 34 heavy (non-hydrogen) atoms. The Morgan fingerprint density at radius 2 is 1.85 bits per heavy atom. The van der Waals surface area contributed by atoms with Gasteiger partial charge in [-0.3, -0.25) is 4.90 Å². The first-order valence-corrected chi connectivity index (χ1v) is 11.4. The van der Waals surface area contributed by atoms with Crippen LogP contribution >= 0.6 is 12.4 Å². The number of halogens is 1. The number of nitrogens with zero attached hydrogens (tertiary/aromatic N) is 3. The van der Waals surface area contributed by atoms with Gasteiger partial charge in [-0.25, -0.2) is 9.78 Å². The number of anilines is 2. The number of ether oxygens (including phenoxy) is 1. The molecule has 1 saturated heterocycles. The average molecular weight is 481 g/mol. The second-order valence-corrected chi connectivity index (χ2v) is 8.31. The minimum absolute atomic E-state index is 0. The summed E-state index contributed by atoms with van der Waals surface area (Å²) in [6.07, 6.45) is 2.89. The van der Waals surface area contributed by atoms with Crippen molar-refractivity contribution < 1.29 is 9.15 Å². The lowest BCUT2D eigenvalue weighted by Gasteiger charge is -2.35. The second kappa shape index (κ2) is 10.8. The highest BCUT2D eigenvalue weighted by Crippen LogP contribution is 2.26. The number of fused-ring (bicyclic) bond motifs is 2. The maximum Gasteiger partial charge on any atom is 0.338 e. The van der Waals surface area contributed by atoms with Gasteiger partial charge in [0.05, 0.1) is 12.8 Å². The summed E-state index contributed by atoms with van der Waals surface area (Å²) in [5, 5.41) is 6.74. The summed E-state index contributed by atoms with van der Waals surface area (Å²) in [4.78, 5) is 21.5. The van der Waals surface area contributed by atoms with E-state index in [9.17, 15) is 4.79 Å². The first kappa shape index (κ1) is 23.9. The van der Waals surface area contributed by atoms with Crippen LogP contribution in [0, 0.1) is 0 Å². The molecule has 0 radical (unpaired) electrons. The second-order valence-electron chi connectivity index (χ2n) is 8.31. The van der Waals surface area contributed by atoms with Gasteiger partial charge in [0.1, 0.15) is 17.2 Å². The number of aromatic nitrogens is 1. The van der Waals surface area contributed by atoms with Crippen LogP contribution in [0.5, 0.6) is 5.75 Å². The Balaban J connectivity index is 0.00000274. The molecular weight excluding hydrogens is 452 g/mol. The summed E-state index contributed by atoms with van der Waals surface area (Å²) in [6, 6.07) is 17.6. The molecule has 0 aliphatic carbocycles. The van der Waals surface area contributed by atoms with E-state index in [1.807, 2.05) is 18.3 Å². The number of pyridine rings is 1. The number of nitrogens with one attached hydrogen (secondary N) is 1. The topological polar surface area (TPSA) is 70.8 Å².